The SMILES string of the molecule is CC1CN(c2ccc(-c3cnc4[nH]cc(C(=N)N(C=N)c5cccc(F)c5F)c4c3)cn2)CC(C)N1. The number of piperazine rings is 1. The van der Waals surface area contributed by atoms with E-state index in [1.54, 1.807) is 18.6 Å². The average Bonchev–Trinajstić information content (AvgIpc) is 3.30. The average molecular weight is 489 g/mol. The van der Waals surface area contributed by atoms with E-state index in [1.165, 1.54) is 12.1 Å². The standard InChI is InChI=1S/C26H26F2N8/c1-15-12-35(13-16(2)34-15)23-7-6-17(9-31-23)18-8-19-20(11-33-26(19)32-10-18)25(30)36(14-29)22-5-3-4-21(27)24(22)28/h3-11,14-16,29-30,34H,12-13H2,1-2H3,(H,32,33). The Labute approximate surface area is 207 Å². The Balaban J connectivity index is 1.45. The maximum Gasteiger partial charge on any atom is 0.182 e. The van der Waals surface area contributed by atoms with Crippen LogP contribution >= 0.6 is 0 Å². The van der Waals surface area contributed by atoms with Gasteiger partial charge in [0, 0.05) is 65.8 Å². The van der Waals surface area contributed by atoms with E-state index in [4.69, 9.17) is 10.8 Å². The van der Waals surface area contributed by atoms with Crippen molar-refractivity contribution in [3.05, 3.63) is 72.2 Å². The Hall–Kier alpha value is -4.18. The molecule has 3 aromatic heterocycles. The highest BCUT2D eigenvalue weighted by Crippen LogP contribution is 2.28. The molecule has 4 heterocycles. The molecule has 0 spiro atoms. The quantitative estimate of drug-likeness (QED) is 0.244. The molecular weight excluding hydrogens is 462 g/mol. The second kappa shape index (κ2) is 9.46. The molecule has 1 aliphatic heterocycles. The van der Waals surface area contributed by atoms with Gasteiger partial charge in [0.2, 0.25) is 0 Å². The molecule has 2 atom stereocenters. The van der Waals surface area contributed by atoms with Crippen LogP contribution in [0.5, 0.6) is 0 Å². The lowest BCUT2D eigenvalue weighted by molar-refractivity contribution is 0.405. The van der Waals surface area contributed by atoms with Crippen molar-refractivity contribution in [1.82, 2.24) is 20.3 Å². The number of benzene rings is 1. The lowest BCUT2D eigenvalue weighted by atomic mass is 10.1. The van der Waals surface area contributed by atoms with Crippen LogP contribution in [0, 0.1) is 22.5 Å². The molecule has 0 radical (unpaired) electrons. The predicted molar refractivity (Wildman–Crippen MR) is 138 cm³/mol. The van der Waals surface area contributed by atoms with Gasteiger partial charge in [0.25, 0.3) is 0 Å². The lowest BCUT2D eigenvalue weighted by Gasteiger charge is -2.36. The number of H-pyrrole nitrogens is 1. The van der Waals surface area contributed by atoms with Gasteiger partial charge in [0.1, 0.15) is 17.3 Å². The van der Waals surface area contributed by atoms with E-state index in [0.29, 0.717) is 28.7 Å². The van der Waals surface area contributed by atoms with Crippen molar-refractivity contribution in [2.24, 2.45) is 0 Å². The summed E-state index contributed by atoms with van der Waals surface area (Å²) in [5, 5.41) is 20.5. The van der Waals surface area contributed by atoms with Crippen molar-refractivity contribution in [2.45, 2.75) is 25.9 Å². The second-order valence-corrected chi connectivity index (χ2v) is 9.02. The van der Waals surface area contributed by atoms with Gasteiger partial charge in [-0.05, 0) is 44.2 Å². The summed E-state index contributed by atoms with van der Waals surface area (Å²) in [6.45, 7) is 6.08. The normalized spacial score (nSPS) is 17.8. The van der Waals surface area contributed by atoms with Crippen LogP contribution in [-0.4, -0.2) is 52.3 Å². The van der Waals surface area contributed by atoms with Crippen molar-refractivity contribution in [1.29, 1.82) is 10.8 Å². The highest BCUT2D eigenvalue weighted by Gasteiger charge is 2.23. The third kappa shape index (κ3) is 4.31. The first kappa shape index (κ1) is 23.6. The van der Waals surface area contributed by atoms with Crippen LogP contribution in [-0.2, 0) is 0 Å². The van der Waals surface area contributed by atoms with Crippen LogP contribution in [0.3, 0.4) is 0 Å². The molecular formula is C26H26F2N8. The van der Waals surface area contributed by atoms with Gasteiger partial charge < -0.3 is 15.2 Å². The summed E-state index contributed by atoms with van der Waals surface area (Å²) >= 11 is 0. The summed E-state index contributed by atoms with van der Waals surface area (Å²) in [5.74, 6) is -1.44. The molecule has 1 aliphatic rings. The molecule has 0 saturated carbocycles. The minimum atomic E-state index is -1.12. The fraction of sp³-hybridized carbons (Fsp3) is 0.231. The maximum absolute atomic E-state index is 14.4. The Kier molecular flexibility index (Phi) is 6.19. The number of aromatic nitrogens is 3. The number of pyridine rings is 2. The summed E-state index contributed by atoms with van der Waals surface area (Å²) in [7, 11) is 0. The van der Waals surface area contributed by atoms with E-state index in [2.05, 4.69) is 39.0 Å². The molecule has 1 saturated heterocycles. The van der Waals surface area contributed by atoms with Gasteiger partial charge in [0.05, 0.1) is 12.0 Å². The van der Waals surface area contributed by atoms with Gasteiger partial charge >= 0.3 is 0 Å². The monoisotopic (exact) mass is 488 g/mol. The molecule has 4 aromatic rings. The van der Waals surface area contributed by atoms with Crippen molar-refractivity contribution in [3.63, 3.8) is 0 Å². The molecule has 4 N–H and O–H groups in total. The third-order valence-electron chi connectivity index (χ3n) is 6.31. The molecule has 0 bridgehead atoms. The van der Waals surface area contributed by atoms with Crippen LogP contribution in [0.2, 0.25) is 0 Å². The topological polar surface area (TPSA) is 108 Å². The molecule has 184 valence electrons. The summed E-state index contributed by atoms with van der Waals surface area (Å²) in [6.07, 6.45) is 5.89. The van der Waals surface area contributed by atoms with Gasteiger partial charge in [-0.25, -0.2) is 18.7 Å². The summed E-state index contributed by atoms with van der Waals surface area (Å²) in [5.41, 5.74) is 2.39. The number of fused-ring (bicyclic) bond motifs is 1. The smallest absolute Gasteiger partial charge is 0.182 e. The van der Waals surface area contributed by atoms with E-state index in [-0.39, 0.29) is 11.5 Å². The first-order valence-corrected chi connectivity index (χ1v) is 11.6. The van der Waals surface area contributed by atoms with Crippen LogP contribution in [0.15, 0.2) is 55.0 Å². The van der Waals surface area contributed by atoms with Gasteiger partial charge in [-0.1, -0.05) is 6.07 Å². The number of amidine groups is 1. The molecule has 5 rings (SSSR count). The van der Waals surface area contributed by atoms with Gasteiger partial charge in [-0.3, -0.25) is 15.7 Å². The highest BCUT2D eigenvalue weighted by atomic mass is 19.2. The molecule has 0 amide bonds. The van der Waals surface area contributed by atoms with Crippen molar-refractivity contribution in [2.75, 3.05) is 22.9 Å². The van der Waals surface area contributed by atoms with Gasteiger partial charge in [0.15, 0.2) is 11.6 Å². The number of hydrogen-bond donors (Lipinski definition) is 4. The minimum absolute atomic E-state index is 0.185. The molecule has 2 unspecified atom stereocenters. The number of aromatic amines is 1. The lowest BCUT2D eigenvalue weighted by Crippen LogP contribution is -2.54. The van der Waals surface area contributed by atoms with Crippen molar-refractivity contribution < 1.29 is 8.78 Å². The van der Waals surface area contributed by atoms with E-state index in [0.717, 1.165) is 47.3 Å². The highest BCUT2D eigenvalue weighted by molar-refractivity contribution is 6.22. The van der Waals surface area contributed by atoms with Gasteiger partial charge in [-0.2, -0.15) is 0 Å². The molecule has 10 heteroatoms. The number of hydrogen-bond acceptors (Lipinski definition) is 6. The number of rotatable bonds is 5. The predicted octanol–water partition coefficient (Wildman–Crippen LogP) is 4.53. The number of nitrogens with zero attached hydrogens (tertiary/aromatic N) is 4. The van der Waals surface area contributed by atoms with Crippen molar-refractivity contribution >= 4 is 34.7 Å². The van der Waals surface area contributed by atoms with Crippen LogP contribution in [0.1, 0.15) is 19.4 Å². The first-order chi connectivity index (χ1) is 17.4. The van der Waals surface area contributed by atoms with E-state index >= 15 is 0 Å². The summed E-state index contributed by atoms with van der Waals surface area (Å²) in [6, 6.07) is 10.3. The van der Waals surface area contributed by atoms with Gasteiger partial charge in [-0.15, -0.1) is 0 Å². The molecule has 1 fully saturated rings. The molecule has 8 nitrogen and oxygen atoms in total. The number of halogens is 2. The minimum Gasteiger partial charge on any atom is -0.354 e. The zero-order chi connectivity index (χ0) is 25.4. The Morgan fingerprint density at radius 1 is 1.08 bits per heavy atom. The van der Waals surface area contributed by atoms with Crippen LogP contribution < -0.4 is 15.1 Å². The summed E-state index contributed by atoms with van der Waals surface area (Å²) < 4.78 is 28.2. The maximum atomic E-state index is 14.4. The van der Waals surface area contributed by atoms with E-state index in [1.807, 2.05) is 18.2 Å². The zero-order valence-corrected chi connectivity index (χ0v) is 19.9. The van der Waals surface area contributed by atoms with E-state index in [9.17, 15) is 8.78 Å². The summed E-state index contributed by atoms with van der Waals surface area (Å²) in [4.78, 5) is 15.4. The van der Waals surface area contributed by atoms with Crippen LogP contribution in [0.25, 0.3) is 22.2 Å². The van der Waals surface area contributed by atoms with Crippen LogP contribution in [0.4, 0.5) is 20.3 Å². The fourth-order valence-corrected chi connectivity index (χ4v) is 4.68. The first-order valence-electron chi connectivity index (χ1n) is 11.6. The Morgan fingerprint density at radius 3 is 2.53 bits per heavy atom. The largest absolute Gasteiger partial charge is 0.354 e. The van der Waals surface area contributed by atoms with Crippen molar-refractivity contribution in [3.8, 4) is 11.1 Å². The molecule has 1 aromatic carbocycles. The van der Waals surface area contributed by atoms with E-state index < -0.39 is 11.6 Å². The molecule has 36 heavy (non-hydrogen) atoms. The third-order valence-corrected chi connectivity index (χ3v) is 6.31. The fourth-order valence-electron chi connectivity index (χ4n) is 4.68. The Morgan fingerprint density at radius 2 is 1.83 bits per heavy atom. The molecule has 0 aliphatic carbocycles. The second-order valence-electron chi connectivity index (χ2n) is 9.02. The number of anilines is 2. The zero-order valence-electron chi connectivity index (χ0n) is 19.9. The Bertz CT molecular complexity index is 1420. The number of nitrogens with one attached hydrogen (secondary N) is 4.